The first kappa shape index (κ1) is 14.7. The fourth-order valence-corrected chi connectivity index (χ4v) is 1.35. The Kier molecular flexibility index (Phi) is 5.59. The van der Waals surface area contributed by atoms with Crippen molar-refractivity contribution >= 4 is 11.9 Å². The third-order valence-corrected chi connectivity index (χ3v) is 2.20. The molecule has 7 heteroatoms. The maximum absolute atomic E-state index is 12.0. The predicted molar refractivity (Wildman–Crippen MR) is 69.7 cm³/mol. The van der Waals surface area contributed by atoms with Gasteiger partial charge in [-0.15, -0.1) is 0 Å². The van der Waals surface area contributed by atoms with Crippen LogP contribution < -0.4 is 15.5 Å². The number of carbonyl (C=O) groups is 2. The molecule has 1 aromatic heterocycles. The van der Waals surface area contributed by atoms with Crippen LogP contribution in [0.3, 0.4) is 0 Å². The molecule has 1 heterocycles. The molecule has 0 saturated heterocycles. The normalized spacial score (nSPS) is 9.63. The van der Waals surface area contributed by atoms with Gasteiger partial charge in [-0.25, -0.2) is 14.8 Å². The van der Waals surface area contributed by atoms with E-state index >= 15 is 0 Å². The molecule has 3 amide bonds. The van der Waals surface area contributed by atoms with E-state index < -0.39 is 11.9 Å². The smallest absolute Gasteiger partial charge is 0.335 e. The number of hydrazine groups is 1. The highest BCUT2D eigenvalue weighted by Crippen LogP contribution is 2.13. The fraction of sp³-hybridized carbons (Fsp3) is 0.417. The highest BCUT2D eigenvalue weighted by Gasteiger charge is 2.16. The molecule has 7 nitrogen and oxygen atoms in total. The largest absolute Gasteiger partial charge is 0.477 e. The van der Waals surface area contributed by atoms with Crippen LogP contribution in [0.15, 0.2) is 18.3 Å². The van der Waals surface area contributed by atoms with Gasteiger partial charge in [0.25, 0.3) is 5.91 Å². The van der Waals surface area contributed by atoms with Crippen LogP contribution in [0.25, 0.3) is 0 Å². The summed E-state index contributed by atoms with van der Waals surface area (Å²) in [6.07, 6.45) is 1.54. The van der Waals surface area contributed by atoms with Gasteiger partial charge >= 0.3 is 6.03 Å². The minimum absolute atomic E-state index is 0.242. The number of pyridine rings is 1. The zero-order valence-electron chi connectivity index (χ0n) is 11.3. The van der Waals surface area contributed by atoms with Crippen LogP contribution in [0.5, 0.6) is 5.88 Å². The molecule has 0 radical (unpaired) electrons. The van der Waals surface area contributed by atoms with Gasteiger partial charge in [0.2, 0.25) is 5.88 Å². The van der Waals surface area contributed by atoms with Gasteiger partial charge in [-0.2, -0.15) is 0 Å². The van der Waals surface area contributed by atoms with Gasteiger partial charge in [-0.1, -0.05) is 0 Å². The van der Waals surface area contributed by atoms with Crippen LogP contribution in [-0.4, -0.2) is 42.1 Å². The van der Waals surface area contributed by atoms with Crippen molar-refractivity contribution in [3.8, 4) is 5.88 Å². The first-order valence-corrected chi connectivity index (χ1v) is 6.00. The molecule has 0 aromatic carbocycles. The van der Waals surface area contributed by atoms with Crippen molar-refractivity contribution in [3.05, 3.63) is 23.9 Å². The van der Waals surface area contributed by atoms with E-state index in [1.54, 1.807) is 26.0 Å². The second-order valence-electron chi connectivity index (χ2n) is 3.62. The molecule has 0 spiro atoms. The van der Waals surface area contributed by atoms with E-state index in [1.165, 1.54) is 13.2 Å². The monoisotopic (exact) mass is 266 g/mol. The van der Waals surface area contributed by atoms with Crippen LogP contribution in [0.2, 0.25) is 0 Å². The van der Waals surface area contributed by atoms with Crippen LogP contribution in [-0.2, 0) is 0 Å². The van der Waals surface area contributed by atoms with E-state index in [-0.39, 0.29) is 11.4 Å². The van der Waals surface area contributed by atoms with Gasteiger partial charge < -0.3 is 10.1 Å². The number of ether oxygens (including phenoxy) is 1. The topological polar surface area (TPSA) is 83.6 Å². The Balaban J connectivity index is 2.75. The van der Waals surface area contributed by atoms with Crippen molar-refractivity contribution < 1.29 is 14.3 Å². The number of nitrogens with zero attached hydrogens (tertiary/aromatic N) is 2. The standard InChI is InChI=1S/C12H18N4O3/c1-4-13-12(18)16(3)15-10(17)9-7-6-8-14-11(9)19-5-2/h6-8H,4-5H2,1-3H3,(H,13,18)(H,15,17). The van der Waals surface area contributed by atoms with Crippen molar-refractivity contribution in [2.45, 2.75) is 13.8 Å². The molecular formula is C12H18N4O3. The Morgan fingerprint density at radius 2 is 2.16 bits per heavy atom. The van der Waals surface area contributed by atoms with E-state index in [9.17, 15) is 9.59 Å². The summed E-state index contributed by atoms with van der Waals surface area (Å²) < 4.78 is 5.26. The van der Waals surface area contributed by atoms with Crippen molar-refractivity contribution in [1.82, 2.24) is 20.7 Å². The average Bonchev–Trinajstić information content (AvgIpc) is 2.39. The summed E-state index contributed by atoms with van der Waals surface area (Å²) in [5, 5.41) is 3.65. The Bertz CT molecular complexity index is 450. The second kappa shape index (κ2) is 7.20. The van der Waals surface area contributed by atoms with Crippen molar-refractivity contribution in [2.24, 2.45) is 0 Å². The van der Waals surface area contributed by atoms with E-state index in [0.29, 0.717) is 13.2 Å². The zero-order chi connectivity index (χ0) is 14.3. The maximum atomic E-state index is 12.0. The summed E-state index contributed by atoms with van der Waals surface area (Å²) in [6.45, 7) is 4.48. The first-order chi connectivity index (χ1) is 9.10. The molecular weight excluding hydrogens is 248 g/mol. The lowest BCUT2D eigenvalue weighted by Gasteiger charge is -2.18. The van der Waals surface area contributed by atoms with Crippen LogP contribution in [0.1, 0.15) is 24.2 Å². The molecule has 0 bridgehead atoms. The van der Waals surface area contributed by atoms with Crippen molar-refractivity contribution in [3.63, 3.8) is 0 Å². The summed E-state index contributed by atoms with van der Waals surface area (Å²) in [5.41, 5.74) is 2.72. The minimum atomic E-state index is -0.453. The summed E-state index contributed by atoms with van der Waals surface area (Å²) in [6, 6.07) is 2.82. The molecule has 1 aromatic rings. The number of hydrogen-bond donors (Lipinski definition) is 2. The second-order valence-corrected chi connectivity index (χ2v) is 3.62. The summed E-state index contributed by atoms with van der Waals surface area (Å²) in [7, 11) is 1.46. The minimum Gasteiger partial charge on any atom is -0.477 e. The lowest BCUT2D eigenvalue weighted by molar-refractivity contribution is 0.0849. The molecule has 1 rings (SSSR count). The van der Waals surface area contributed by atoms with Gasteiger partial charge in [-0.3, -0.25) is 10.2 Å². The summed E-state index contributed by atoms with van der Waals surface area (Å²) in [5.74, 6) is -0.211. The molecule has 0 aliphatic carbocycles. The van der Waals surface area contributed by atoms with E-state index in [1.807, 2.05) is 0 Å². The van der Waals surface area contributed by atoms with E-state index in [4.69, 9.17) is 4.74 Å². The van der Waals surface area contributed by atoms with Crippen molar-refractivity contribution in [1.29, 1.82) is 0 Å². The van der Waals surface area contributed by atoms with Gasteiger partial charge in [0.05, 0.1) is 6.61 Å². The third kappa shape index (κ3) is 4.13. The number of rotatable bonds is 4. The number of nitrogens with one attached hydrogen (secondary N) is 2. The van der Waals surface area contributed by atoms with Gasteiger partial charge in [0, 0.05) is 19.8 Å². The molecule has 0 atom stereocenters. The molecule has 104 valence electrons. The Morgan fingerprint density at radius 3 is 2.79 bits per heavy atom. The first-order valence-electron chi connectivity index (χ1n) is 6.00. The van der Waals surface area contributed by atoms with Crippen LogP contribution >= 0.6 is 0 Å². The molecule has 0 fully saturated rings. The Hall–Kier alpha value is -2.31. The lowest BCUT2D eigenvalue weighted by Crippen LogP contribution is -2.48. The fourth-order valence-electron chi connectivity index (χ4n) is 1.35. The molecule has 0 saturated carbocycles. The SMILES string of the molecule is CCNC(=O)N(C)NC(=O)c1cccnc1OCC. The van der Waals surface area contributed by atoms with Crippen molar-refractivity contribution in [2.75, 3.05) is 20.2 Å². The molecule has 2 N–H and O–H groups in total. The van der Waals surface area contributed by atoms with Crippen LogP contribution in [0.4, 0.5) is 4.79 Å². The average molecular weight is 266 g/mol. The predicted octanol–water partition coefficient (Wildman–Crippen LogP) is 0.786. The quantitative estimate of drug-likeness (QED) is 0.789. The molecule has 19 heavy (non-hydrogen) atoms. The number of amides is 3. The summed E-state index contributed by atoms with van der Waals surface area (Å²) >= 11 is 0. The lowest BCUT2D eigenvalue weighted by atomic mass is 10.2. The number of hydrogen-bond acceptors (Lipinski definition) is 4. The maximum Gasteiger partial charge on any atom is 0.335 e. The molecule has 0 unspecified atom stereocenters. The highest BCUT2D eigenvalue weighted by molar-refractivity contribution is 5.97. The Labute approximate surface area is 111 Å². The zero-order valence-corrected chi connectivity index (χ0v) is 11.3. The van der Waals surface area contributed by atoms with Gasteiger partial charge in [0.1, 0.15) is 5.56 Å². The number of carbonyl (C=O) groups excluding carboxylic acids is 2. The highest BCUT2D eigenvalue weighted by atomic mass is 16.5. The molecule has 0 aliphatic heterocycles. The number of urea groups is 1. The van der Waals surface area contributed by atoms with Gasteiger partial charge in [-0.05, 0) is 26.0 Å². The van der Waals surface area contributed by atoms with Crippen LogP contribution in [0, 0.1) is 0 Å². The number of aromatic nitrogens is 1. The Morgan fingerprint density at radius 1 is 1.42 bits per heavy atom. The third-order valence-electron chi connectivity index (χ3n) is 2.20. The van der Waals surface area contributed by atoms with E-state index in [2.05, 4.69) is 15.7 Å². The van der Waals surface area contributed by atoms with Gasteiger partial charge in [0.15, 0.2) is 0 Å². The summed E-state index contributed by atoms with van der Waals surface area (Å²) in [4.78, 5) is 27.5. The van der Waals surface area contributed by atoms with E-state index in [0.717, 1.165) is 5.01 Å². The molecule has 0 aliphatic rings.